The molecule has 0 unspecified atom stereocenters. The Balaban J connectivity index is 0.00000106. The molecule has 4 heteroatoms. The third kappa shape index (κ3) is 6.07. The Kier molecular flexibility index (Phi) is 9.22. The van der Waals surface area contributed by atoms with E-state index in [9.17, 15) is 4.79 Å². The molecule has 0 amide bonds. The lowest BCUT2D eigenvalue weighted by molar-refractivity contribution is 0.110. The van der Waals surface area contributed by atoms with Crippen molar-refractivity contribution in [2.75, 3.05) is 20.3 Å². The maximum Gasteiger partial charge on any atom is 0.222 e. The molecule has 0 aliphatic rings. The molecule has 0 saturated heterocycles. The molecule has 16 heavy (non-hydrogen) atoms. The van der Waals surface area contributed by atoms with Crippen molar-refractivity contribution in [2.24, 2.45) is 0 Å². The Morgan fingerprint density at radius 1 is 1.19 bits per heavy atom. The van der Waals surface area contributed by atoms with Crippen LogP contribution < -0.4 is 4.74 Å². The number of hydrogen-bond acceptors (Lipinski definition) is 3. The first-order valence-electron chi connectivity index (χ1n) is 5.15. The Morgan fingerprint density at radius 2 is 1.75 bits per heavy atom. The summed E-state index contributed by atoms with van der Waals surface area (Å²) < 4.78 is 10.2. The highest BCUT2D eigenvalue weighted by molar-refractivity contribution is 14.1. The molecule has 1 aromatic carbocycles. The zero-order valence-corrected chi connectivity index (χ0v) is 12.0. The van der Waals surface area contributed by atoms with Crippen LogP contribution in [0.3, 0.4) is 0 Å². The van der Waals surface area contributed by atoms with Gasteiger partial charge in [0.15, 0.2) is 0 Å². The summed E-state index contributed by atoms with van der Waals surface area (Å²) in [5, 5.41) is 0. The molecule has 0 saturated carbocycles. The molecule has 0 aromatic heterocycles. The molecule has 0 heterocycles. The van der Waals surface area contributed by atoms with Crippen molar-refractivity contribution in [3.05, 3.63) is 29.8 Å². The van der Waals surface area contributed by atoms with Crippen LogP contribution in [-0.4, -0.2) is 24.1 Å². The van der Waals surface area contributed by atoms with E-state index >= 15 is 0 Å². The minimum atomic E-state index is 0.0334. The van der Waals surface area contributed by atoms with Crippen LogP contribution in [0.2, 0.25) is 0 Å². The molecule has 90 valence electrons. The van der Waals surface area contributed by atoms with Gasteiger partial charge in [-0.15, -0.1) is 0 Å². The Bertz CT molecular complexity index is 296. The molecule has 0 aliphatic heterocycles. The lowest BCUT2D eigenvalue weighted by Crippen LogP contribution is -2.04. The third-order valence-electron chi connectivity index (χ3n) is 1.64. The summed E-state index contributed by atoms with van der Waals surface area (Å²) in [5.41, 5.74) is 0.685. The molecule has 0 radical (unpaired) electrons. The van der Waals surface area contributed by atoms with Crippen molar-refractivity contribution in [2.45, 2.75) is 13.8 Å². The van der Waals surface area contributed by atoms with Crippen LogP contribution in [0.25, 0.3) is 0 Å². The van der Waals surface area contributed by atoms with Gasteiger partial charge in [-0.2, -0.15) is 0 Å². The zero-order valence-electron chi connectivity index (χ0n) is 9.83. The average molecular weight is 336 g/mol. The summed E-state index contributed by atoms with van der Waals surface area (Å²) in [4.78, 5) is 10.9. The van der Waals surface area contributed by atoms with Crippen molar-refractivity contribution in [3.63, 3.8) is 0 Å². The number of halogens is 1. The fourth-order valence-corrected chi connectivity index (χ4v) is 1.28. The first-order chi connectivity index (χ1) is 7.74. The summed E-state index contributed by atoms with van der Waals surface area (Å²) in [7, 11) is 1.63. The van der Waals surface area contributed by atoms with Gasteiger partial charge in [-0.3, -0.25) is 4.79 Å². The lowest BCUT2D eigenvalue weighted by Gasteiger charge is -2.04. The normalized spacial score (nSPS) is 9.00. The molecular formula is C12H17IO3. The second kappa shape index (κ2) is 9.59. The SMILES string of the molecule is CC.COCCOc1ccc(C(=O)I)cc1. The molecule has 0 aliphatic carbocycles. The van der Waals surface area contributed by atoms with Gasteiger partial charge in [0.2, 0.25) is 3.79 Å². The number of carbonyl (C=O) groups excluding carboxylic acids is 1. The maximum absolute atomic E-state index is 10.9. The molecule has 1 rings (SSSR count). The van der Waals surface area contributed by atoms with E-state index < -0.39 is 0 Å². The van der Waals surface area contributed by atoms with E-state index in [0.29, 0.717) is 18.8 Å². The predicted octanol–water partition coefficient (Wildman–Crippen LogP) is 3.31. The van der Waals surface area contributed by atoms with Gasteiger partial charge in [-0.25, -0.2) is 0 Å². The van der Waals surface area contributed by atoms with Crippen molar-refractivity contribution < 1.29 is 14.3 Å². The van der Waals surface area contributed by atoms with Crippen LogP contribution in [0, 0.1) is 0 Å². The molecule has 0 bridgehead atoms. The van der Waals surface area contributed by atoms with E-state index in [1.54, 1.807) is 54.0 Å². The quantitative estimate of drug-likeness (QED) is 0.470. The van der Waals surface area contributed by atoms with Gasteiger partial charge < -0.3 is 9.47 Å². The monoisotopic (exact) mass is 336 g/mol. The van der Waals surface area contributed by atoms with E-state index in [1.165, 1.54) is 0 Å². The summed E-state index contributed by atoms with van der Waals surface area (Å²) in [6.07, 6.45) is 0. The fraction of sp³-hybridized carbons (Fsp3) is 0.417. The van der Waals surface area contributed by atoms with E-state index in [0.717, 1.165) is 5.75 Å². The van der Waals surface area contributed by atoms with Crippen LogP contribution in [0.1, 0.15) is 24.2 Å². The van der Waals surface area contributed by atoms with E-state index in [-0.39, 0.29) is 3.79 Å². The van der Waals surface area contributed by atoms with Gasteiger partial charge in [-0.1, -0.05) is 13.8 Å². The highest BCUT2D eigenvalue weighted by atomic mass is 127. The second-order valence-corrected chi connectivity index (χ2v) is 3.62. The summed E-state index contributed by atoms with van der Waals surface area (Å²) in [5.74, 6) is 0.753. The van der Waals surface area contributed by atoms with Crippen molar-refractivity contribution >= 4 is 26.4 Å². The van der Waals surface area contributed by atoms with Crippen molar-refractivity contribution in [1.29, 1.82) is 0 Å². The first kappa shape index (κ1) is 15.4. The van der Waals surface area contributed by atoms with Gasteiger partial charge in [0.05, 0.1) is 6.61 Å². The Labute approximate surface area is 110 Å². The van der Waals surface area contributed by atoms with E-state index in [2.05, 4.69) is 0 Å². The number of hydrogen-bond donors (Lipinski definition) is 0. The van der Waals surface area contributed by atoms with Gasteiger partial charge in [0.25, 0.3) is 0 Å². The smallest absolute Gasteiger partial charge is 0.222 e. The minimum Gasteiger partial charge on any atom is -0.491 e. The Hall–Kier alpha value is -0.620. The minimum absolute atomic E-state index is 0.0334. The summed E-state index contributed by atoms with van der Waals surface area (Å²) >= 11 is 1.76. The van der Waals surface area contributed by atoms with Crippen LogP contribution in [0.5, 0.6) is 5.75 Å². The highest BCUT2D eigenvalue weighted by Crippen LogP contribution is 2.14. The number of benzene rings is 1. The van der Waals surface area contributed by atoms with Crippen LogP contribution in [0.4, 0.5) is 0 Å². The average Bonchev–Trinajstić information content (AvgIpc) is 2.33. The summed E-state index contributed by atoms with van der Waals surface area (Å²) in [6.45, 7) is 5.08. The first-order valence-corrected chi connectivity index (χ1v) is 6.23. The molecule has 0 N–H and O–H groups in total. The molecule has 3 nitrogen and oxygen atoms in total. The Morgan fingerprint density at radius 3 is 2.19 bits per heavy atom. The van der Waals surface area contributed by atoms with Crippen LogP contribution >= 0.6 is 22.6 Å². The van der Waals surface area contributed by atoms with Gasteiger partial charge >= 0.3 is 0 Å². The second-order valence-electron chi connectivity index (χ2n) is 2.64. The standard InChI is InChI=1S/C10H11IO3.C2H6/c1-13-6-7-14-9-4-2-8(3-5-9)10(11)12;1-2/h2-5H,6-7H2,1H3;1-2H3. The maximum atomic E-state index is 10.9. The number of ether oxygens (including phenoxy) is 2. The number of carbonyl (C=O) groups is 1. The molecule has 0 fully saturated rings. The summed E-state index contributed by atoms with van der Waals surface area (Å²) in [6, 6.07) is 7.05. The third-order valence-corrected chi connectivity index (χ3v) is 2.26. The molecule has 0 atom stereocenters. The predicted molar refractivity (Wildman–Crippen MR) is 73.5 cm³/mol. The molecule has 0 spiro atoms. The van der Waals surface area contributed by atoms with Crippen molar-refractivity contribution in [3.8, 4) is 5.75 Å². The van der Waals surface area contributed by atoms with E-state index in [4.69, 9.17) is 9.47 Å². The number of methoxy groups -OCH3 is 1. The zero-order chi connectivity index (χ0) is 12.4. The number of rotatable bonds is 5. The molecule has 1 aromatic rings. The fourth-order valence-electron chi connectivity index (χ4n) is 0.925. The van der Waals surface area contributed by atoms with Gasteiger partial charge in [0, 0.05) is 35.3 Å². The van der Waals surface area contributed by atoms with Gasteiger partial charge in [0.1, 0.15) is 12.4 Å². The van der Waals surface area contributed by atoms with Crippen LogP contribution in [-0.2, 0) is 4.74 Å². The van der Waals surface area contributed by atoms with Gasteiger partial charge in [-0.05, 0) is 24.3 Å². The lowest BCUT2D eigenvalue weighted by atomic mass is 10.2. The van der Waals surface area contributed by atoms with Crippen molar-refractivity contribution in [1.82, 2.24) is 0 Å². The van der Waals surface area contributed by atoms with Crippen LogP contribution in [0.15, 0.2) is 24.3 Å². The topological polar surface area (TPSA) is 35.5 Å². The highest BCUT2D eigenvalue weighted by Gasteiger charge is 2.00. The van der Waals surface area contributed by atoms with E-state index in [1.807, 2.05) is 13.8 Å². The largest absolute Gasteiger partial charge is 0.491 e. The molecular weight excluding hydrogens is 319 g/mol.